The van der Waals surface area contributed by atoms with Gasteiger partial charge in [0.05, 0.1) is 24.2 Å². The third-order valence-electron chi connectivity index (χ3n) is 5.82. The molecule has 1 saturated heterocycles. The number of carbonyl (C=O) groups is 4. The van der Waals surface area contributed by atoms with E-state index in [4.69, 9.17) is 9.47 Å². The van der Waals surface area contributed by atoms with Crippen LogP contribution in [-0.2, 0) is 40.3 Å². The highest BCUT2D eigenvalue weighted by molar-refractivity contribution is 7.89. The molecule has 1 unspecified atom stereocenters. The van der Waals surface area contributed by atoms with Crippen molar-refractivity contribution in [3.63, 3.8) is 0 Å². The summed E-state index contributed by atoms with van der Waals surface area (Å²) in [6, 6.07) is 12.9. The van der Waals surface area contributed by atoms with Crippen LogP contribution in [0, 0.1) is 5.92 Å². The SMILES string of the molecule is CC(C)CN(C(=O)C(=O)C(=O)C(Cc1ccccc1)N(C(=O)O)C1COCOC1)S(=O)(=O)c1ccccc1. The number of hydrogen-bond donors (Lipinski definition) is 1. The number of rotatable bonds is 11. The van der Waals surface area contributed by atoms with Crippen LogP contribution in [0.1, 0.15) is 19.4 Å². The first kappa shape index (κ1) is 29.0. The van der Waals surface area contributed by atoms with E-state index < -0.39 is 45.7 Å². The molecule has 2 amide bonds. The lowest BCUT2D eigenvalue weighted by molar-refractivity contribution is -0.153. The summed E-state index contributed by atoms with van der Waals surface area (Å²) in [5.74, 6) is -4.89. The molecule has 0 aliphatic carbocycles. The average molecular weight is 547 g/mol. The Morgan fingerprint density at radius 3 is 2.03 bits per heavy atom. The van der Waals surface area contributed by atoms with Crippen LogP contribution in [-0.4, -0.2) is 84.9 Å². The van der Waals surface area contributed by atoms with Gasteiger partial charge in [0.1, 0.15) is 12.8 Å². The molecule has 1 atom stereocenters. The number of carboxylic acid groups (broad SMARTS) is 1. The molecule has 204 valence electrons. The average Bonchev–Trinajstić information content (AvgIpc) is 2.91. The summed E-state index contributed by atoms with van der Waals surface area (Å²) >= 11 is 0. The topological polar surface area (TPSA) is 148 Å². The van der Waals surface area contributed by atoms with Crippen LogP contribution in [0.3, 0.4) is 0 Å². The predicted octanol–water partition coefficient (Wildman–Crippen LogP) is 1.96. The van der Waals surface area contributed by atoms with Gasteiger partial charge in [-0.05, 0) is 23.6 Å². The molecule has 1 fully saturated rings. The zero-order valence-corrected chi connectivity index (χ0v) is 21.9. The van der Waals surface area contributed by atoms with Crippen LogP contribution in [0.15, 0.2) is 65.6 Å². The van der Waals surface area contributed by atoms with E-state index in [9.17, 15) is 32.7 Å². The molecule has 11 nitrogen and oxygen atoms in total. The van der Waals surface area contributed by atoms with Crippen molar-refractivity contribution in [1.29, 1.82) is 0 Å². The Balaban J connectivity index is 2.00. The van der Waals surface area contributed by atoms with E-state index in [0.717, 1.165) is 4.90 Å². The standard InChI is InChI=1S/C26H30N2O9S/c1-18(2)14-27(38(34,35)21-11-7-4-8-12-21)25(31)24(30)23(29)22(13-19-9-5-3-6-10-19)28(26(32)33)20-15-36-17-37-16-20/h3-12,18,20,22H,13-17H2,1-2H3,(H,32,33). The largest absolute Gasteiger partial charge is 0.465 e. The van der Waals surface area contributed by atoms with E-state index in [1.54, 1.807) is 50.2 Å². The van der Waals surface area contributed by atoms with Crippen molar-refractivity contribution < 1.29 is 42.2 Å². The van der Waals surface area contributed by atoms with Crippen molar-refractivity contribution in [3.05, 3.63) is 66.2 Å². The molecule has 2 aromatic carbocycles. The van der Waals surface area contributed by atoms with Gasteiger partial charge in [0, 0.05) is 13.0 Å². The lowest BCUT2D eigenvalue weighted by Crippen LogP contribution is -2.58. The fourth-order valence-electron chi connectivity index (χ4n) is 4.05. The molecular weight excluding hydrogens is 516 g/mol. The van der Waals surface area contributed by atoms with Crippen LogP contribution >= 0.6 is 0 Å². The number of sulfonamides is 1. The zero-order valence-electron chi connectivity index (χ0n) is 21.1. The van der Waals surface area contributed by atoms with Gasteiger partial charge in [0.2, 0.25) is 5.78 Å². The van der Waals surface area contributed by atoms with Gasteiger partial charge in [0.25, 0.3) is 15.8 Å². The van der Waals surface area contributed by atoms with E-state index in [1.807, 2.05) is 0 Å². The molecule has 1 N–H and O–H groups in total. The van der Waals surface area contributed by atoms with Gasteiger partial charge in [-0.1, -0.05) is 62.4 Å². The fourth-order valence-corrected chi connectivity index (χ4v) is 5.60. The Hall–Kier alpha value is -3.61. The summed E-state index contributed by atoms with van der Waals surface area (Å²) in [5.41, 5.74) is 0.533. The third kappa shape index (κ3) is 6.82. The number of ether oxygens (including phenoxy) is 2. The van der Waals surface area contributed by atoms with Crippen molar-refractivity contribution in [2.45, 2.75) is 37.2 Å². The molecule has 0 bridgehead atoms. The Kier molecular flexibility index (Phi) is 9.72. The third-order valence-corrected chi connectivity index (χ3v) is 7.58. The van der Waals surface area contributed by atoms with Gasteiger partial charge in [-0.2, -0.15) is 0 Å². The Labute approximate surface area is 221 Å². The van der Waals surface area contributed by atoms with Gasteiger partial charge in [-0.25, -0.2) is 17.5 Å². The Morgan fingerprint density at radius 2 is 1.50 bits per heavy atom. The molecule has 1 aliphatic rings. The summed E-state index contributed by atoms with van der Waals surface area (Å²) in [6.45, 7) is 2.72. The van der Waals surface area contributed by atoms with Gasteiger partial charge in [-0.3, -0.25) is 19.3 Å². The summed E-state index contributed by atoms with van der Waals surface area (Å²) in [4.78, 5) is 53.0. The minimum absolute atomic E-state index is 0.0554. The number of carbonyl (C=O) groups excluding carboxylic acids is 3. The fraction of sp³-hybridized carbons (Fsp3) is 0.385. The number of benzene rings is 2. The van der Waals surface area contributed by atoms with E-state index in [-0.39, 0.29) is 43.8 Å². The molecular formula is C26H30N2O9S. The Bertz CT molecular complexity index is 1240. The second-order valence-electron chi connectivity index (χ2n) is 9.15. The number of hydrogen-bond acceptors (Lipinski definition) is 8. The summed E-state index contributed by atoms with van der Waals surface area (Å²) in [6.07, 6.45) is -1.74. The van der Waals surface area contributed by atoms with Crippen molar-refractivity contribution in [2.24, 2.45) is 5.92 Å². The highest BCUT2D eigenvalue weighted by Crippen LogP contribution is 2.21. The molecule has 0 spiro atoms. The summed E-state index contributed by atoms with van der Waals surface area (Å²) in [7, 11) is -4.47. The highest BCUT2D eigenvalue weighted by atomic mass is 32.2. The molecule has 0 saturated carbocycles. The Morgan fingerprint density at radius 1 is 0.947 bits per heavy atom. The summed E-state index contributed by atoms with van der Waals surface area (Å²) < 4.78 is 37.4. The van der Waals surface area contributed by atoms with Crippen molar-refractivity contribution >= 4 is 33.6 Å². The zero-order chi connectivity index (χ0) is 27.9. The lowest BCUT2D eigenvalue weighted by Gasteiger charge is -2.36. The highest BCUT2D eigenvalue weighted by Gasteiger charge is 2.44. The first-order valence-electron chi connectivity index (χ1n) is 11.9. The maximum Gasteiger partial charge on any atom is 0.408 e. The molecule has 38 heavy (non-hydrogen) atoms. The van der Waals surface area contributed by atoms with Crippen LogP contribution in [0.5, 0.6) is 0 Å². The minimum atomic E-state index is -4.47. The molecule has 0 aromatic heterocycles. The number of ketones is 2. The molecule has 12 heteroatoms. The second kappa shape index (κ2) is 12.8. The smallest absolute Gasteiger partial charge is 0.408 e. The quantitative estimate of drug-likeness (QED) is 0.330. The monoisotopic (exact) mass is 546 g/mol. The molecule has 1 heterocycles. The molecule has 0 radical (unpaired) electrons. The van der Waals surface area contributed by atoms with E-state index in [0.29, 0.717) is 9.87 Å². The van der Waals surface area contributed by atoms with Crippen molar-refractivity contribution in [1.82, 2.24) is 9.21 Å². The number of nitrogens with zero attached hydrogens (tertiary/aromatic N) is 2. The van der Waals surface area contributed by atoms with Crippen molar-refractivity contribution in [2.75, 3.05) is 26.6 Å². The van der Waals surface area contributed by atoms with Gasteiger partial charge < -0.3 is 14.6 Å². The maximum atomic E-state index is 13.6. The van der Waals surface area contributed by atoms with Gasteiger partial charge >= 0.3 is 12.0 Å². The van der Waals surface area contributed by atoms with Gasteiger partial charge in [-0.15, -0.1) is 0 Å². The second-order valence-corrected chi connectivity index (χ2v) is 11.0. The summed E-state index contributed by atoms with van der Waals surface area (Å²) in [5, 5.41) is 10.0. The predicted molar refractivity (Wildman–Crippen MR) is 135 cm³/mol. The van der Waals surface area contributed by atoms with Crippen LogP contribution in [0.2, 0.25) is 0 Å². The minimum Gasteiger partial charge on any atom is -0.465 e. The lowest BCUT2D eigenvalue weighted by atomic mass is 9.96. The first-order valence-corrected chi connectivity index (χ1v) is 13.4. The van der Waals surface area contributed by atoms with Crippen molar-refractivity contribution in [3.8, 4) is 0 Å². The van der Waals surface area contributed by atoms with E-state index in [2.05, 4.69) is 0 Å². The van der Waals surface area contributed by atoms with Crippen LogP contribution in [0.25, 0.3) is 0 Å². The maximum absolute atomic E-state index is 13.6. The van der Waals surface area contributed by atoms with Gasteiger partial charge in [0.15, 0.2) is 0 Å². The molecule has 3 rings (SSSR count). The number of amides is 2. The van der Waals surface area contributed by atoms with E-state index in [1.165, 1.54) is 24.3 Å². The molecule has 1 aliphatic heterocycles. The van der Waals surface area contributed by atoms with Crippen LogP contribution < -0.4 is 0 Å². The first-order chi connectivity index (χ1) is 18.0. The normalized spacial score (nSPS) is 15.0. The van der Waals surface area contributed by atoms with E-state index >= 15 is 0 Å². The number of Topliss-reactive ketones (excluding diaryl/α,β-unsaturated/α-hetero) is 2. The van der Waals surface area contributed by atoms with Crippen LogP contribution in [0.4, 0.5) is 4.79 Å². The molecule has 2 aromatic rings.